The molecule has 1 heterocycles. The molecular weight excluding hydrogens is 228 g/mol. The molecule has 2 rings (SSSR count). The van der Waals surface area contributed by atoms with E-state index in [0.717, 1.165) is 0 Å². The Labute approximate surface area is 94.4 Å². The van der Waals surface area contributed by atoms with Gasteiger partial charge in [-0.25, -0.2) is 0 Å². The van der Waals surface area contributed by atoms with E-state index in [0.29, 0.717) is 11.3 Å². The number of nitrogens with one attached hydrogen (secondary N) is 1. The Morgan fingerprint density at radius 1 is 1.47 bits per heavy atom. The summed E-state index contributed by atoms with van der Waals surface area (Å²) < 4.78 is 4.93. The molecule has 0 amide bonds. The SMILES string of the molecule is COc1ccc2[nH]c(=O)c([N+](=O)[O-])c(O)c2c1. The topological polar surface area (TPSA) is 105 Å². The maximum Gasteiger partial charge on any atom is 0.375 e. The fourth-order valence-corrected chi connectivity index (χ4v) is 1.54. The number of nitrogens with zero attached hydrogens (tertiary/aromatic N) is 1. The van der Waals surface area contributed by atoms with Crippen LogP contribution in [0.1, 0.15) is 0 Å². The predicted molar refractivity (Wildman–Crippen MR) is 59.4 cm³/mol. The summed E-state index contributed by atoms with van der Waals surface area (Å²) in [5.41, 5.74) is -1.50. The van der Waals surface area contributed by atoms with Crippen LogP contribution in [0, 0.1) is 10.1 Å². The van der Waals surface area contributed by atoms with Gasteiger partial charge in [0.05, 0.1) is 22.9 Å². The van der Waals surface area contributed by atoms with Crippen molar-refractivity contribution in [1.82, 2.24) is 4.98 Å². The van der Waals surface area contributed by atoms with Crippen LogP contribution in [0.4, 0.5) is 5.69 Å². The number of H-pyrrole nitrogens is 1. The van der Waals surface area contributed by atoms with E-state index in [1.807, 2.05) is 0 Å². The normalized spacial score (nSPS) is 10.4. The lowest BCUT2D eigenvalue weighted by molar-refractivity contribution is -0.387. The van der Waals surface area contributed by atoms with Crippen LogP contribution in [-0.2, 0) is 0 Å². The summed E-state index contributed by atoms with van der Waals surface area (Å²) in [6.07, 6.45) is 0. The summed E-state index contributed by atoms with van der Waals surface area (Å²) in [7, 11) is 1.43. The molecule has 0 saturated heterocycles. The van der Waals surface area contributed by atoms with Gasteiger partial charge >= 0.3 is 11.2 Å². The Morgan fingerprint density at radius 3 is 2.76 bits per heavy atom. The zero-order valence-electron chi connectivity index (χ0n) is 8.76. The minimum absolute atomic E-state index is 0.163. The van der Waals surface area contributed by atoms with Crippen LogP contribution in [-0.4, -0.2) is 22.1 Å². The van der Waals surface area contributed by atoms with Crippen LogP contribution in [0.3, 0.4) is 0 Å². The van der Waals surface area contributed by atoms with E-state index in [1.54, 1.807) is 6.07 Å². The molecule has 0 saturated carbocycles. The number of nitro groups is 1. The fraction of sp³-hybridized carbons (Fsp3) is 0.100. The number of pyridine rings is 1. The highest BCUT2D eigenvalue weighted by Crippen LogP contribution is 2.31. The first-order chi connectivity index (χ1) is 8.04. The zero-order valence-corrected chi connectivity index (χ0v) is 8.76. The van der Waals surface area contributed by atoms with Gasteiger partial charge in [0.2, 0.25) is 5.75 Å². The van der Waals surface area contributed by atoms with Gasteiger partial charge in [0.1, 0.15) is 5.75 Å². The van der Waals surface area contributed by atoms with Crippen molar-refractivity contribution in [1.29, 1.82) is 0 Å². The quantitative estimate of drug-likeness (QED) is 0.601. The number of aromatic hydroxyl groups is 1. The average Bonchev–Trinajstić information content (AvgIpc) is 2.28. The second-order valence-electron chi connectivity index (χ2n) is 3.32. The lowest BCUT2D eigenvalue weighted by Crippen LogP contribution is -2.11. The van der Waals surface area contributed by atoms with Crippen LogP contribution >= 0.6 is 0 Å². The van der Waals surface area contributed by atoms with Crippen molar-refractivity contribution >= 4 is 16.6 Å². The van der Waals surface area contributed by atoms with E-state index in [4.69, 9.17) is 4.74 Å². The Bertz CT molecular complexity index is 662. The maximum absolute atomic E-state index is 11.4. The molecule has 1 aromatic carbocycles. The zero-order chi connectivity index (χ0) is 12.6. The van der Waals surface area contributed by atoms with E-state index < -0.39 is 21.9 Å². The molecule has 0 radical (unpaired) electrons. The van der Waals surface area contributed by atoms with Crippen LogP contribution < -0.4 is 10.3 Å². The van der Waals surface area contributed by atoms with E-state index in [-0.39, 0.29) is 5.39 Å². The Kier molecular flexibility index (Phi) is 2.43. The monoisotopic (exact) mass is 236 g/mol. The van der Waals surface area contributed by atoms with Crippen LogP contribution in [0.5, 0.6) is 11.5 Å². The van der Waals surface area contributed by atoms with Gasteiger partial charge in [-0.2, -0.15) is 0 Å². The standard InChI is InChI=1S/C10H8N2O5/c1-17-5-2-3-7-6(4-5)9(13)8(12(15)16)10(14)11-7/h2-4H,1H3,(H2,11,13,14). The average molecular weight is 236 g/mol. The Balaban J connectivity index is 2.88. The third kappa shape index (κ3) is 1.67. The van der Waals surface area contributed by atoms with Crippen molar-refractivity contribution in [2.75, 3.05) is 7.11 Å². The molecule has 17 heavy (non-hydrogen) atoms. The van der Waals surface area contributed by atoms with Crippen molar-refractivity contribution in [3.8, 4) is 11.5 Å². The first kappa shape index (κ1) is 10.9. The van der Waals surface area contributed by atoms with Crippen molar-refractivity contribution in [3.63, 3.8) is 0 Å². The first-order valence-electron chi connectivity index (χ1n) is 4.62. The summed E-state index contributed by atoms with van der Waals surface area (Å²) in [6, 6.07) is 4.48. The summed E-state index contributed by atoms with van der Waals surface area (Å²) in [6.45, 7) is 0. The highest BCUT2D eigenvalue weighted by atomic mass is 16.6. The van der Waals surface area contributed by atoms with Gasteiger partial charge in [-0.05, 0) is 18.2 Å². The maximum atomic E-state index is 11.4. The minimum Gasteiger partial charge on any atom is -0.501 e. The van der Waals surface area contributed by atoms with Crippen molar-refractivity contribution in [2.24, 2.45) is 0 Å². The number of rotatable bonds is 2. The summed E-state index contributed by atoms with van der Waals surface area (Å²) >= 11 is 0. The number of aromatic amines is 1. The number of methoxy groups -OCH3 is 1. The molecule has 7 nitrogen and oxygen atoms in total. The molecular formula is C10H8N2O5. The van der Waals surface area contributed by atoms with Gasteiger partial charge in [0, 0.05) is 0 Å². The van der Waals surface area contributed by atoms with E-state index in [2.05, 4.69) is 4.98 Å². The third-order valence-electron chi connectivity index (χ3n) is 2.35. The molecule has 7 heteroatoms. The molecule has 88 valence electrons. The molecule has 2 N–H and O–H groups in total. The van der Waals surface area contributed by atoms with Gasteiger partial charge in [-0.1, -0.05) is 0 Å². The Morgan fingerprint density at radius 2 is 2.18 bits per heavy atom. The lowest BCUT2D eigenvalue weighted by atomic mass is 10.2. The second-order valence-corrected chi connectivity index (χ2v) is 3.32. The van der Waals surface area contributed by atoms with E-state index in [1.165, 1.54) is 19.2 Å². The second kappa shape index (κ2) is 3.78. The van der Waals surface area contributed by atoms with Gasteiger partial charge in [-0.15, -0.1) is 0 Å². The van der Waals surface area contributed by atoms with Gasteiger partial charge < -0.3 is 14.8 Å². The molecule has 0 spiro atoms. The largest absolute Gasteiger partial charge is 0.501 e. The molecule has 0 unspecified atom stereocenters. The molecule has 2 aromatic rings. The molecule has 1 aromatic heterocycles. The number of fused-ring (bicyclic) bond motifs is 1. The number of aromatic nitrogens is 1. The van der Waals surface area contributed by atoms with Crippen LogP contribution in [0.25, 0.3) is 10.9 Å². The third-order valence-corrected chi connectivity index (χ3v) is 2.35. The van der Waals surface area contributed by atoms with E-state index in [9.17, 15) is 20.0 Å². The van der Waals surface area contributed by atoms with Crippen molar-refractivity contribution in [2.45, 2.75) is 0 Å². The van der Waals surface area contributed by atoms with Gasteiger partial charge in [0.15, 0.2) is 0 Å². The first-order valence-corrected chi connectivity index (χ1v) is 4.62. The smallest absolute Gasteiger partial charge is 0.375 e. The number of hydrogen-bond donors (Lipinski definition) is 2. The molecule has 0 aliphatic heterocycles. The highest BCUT2D eigenvalue weighted by Gasteiger charge is 2.22. The summed E-state index contributed by atoms with van der Waals surface area (Å²) in [4.78, 5) is 23.4. The van der Waals surface area contributed by atoms with Crippen LogP contribution in [0.15, 0.2) is 23.0 Å². The Hall–Kier alpha value is -2.57. The number of ether oxygens (including phenoxy) is 1. The van der Waals surface area contributed by atoms with Crippen molar-refractivity contribution < 1.29 is 14.8 Å². The molecule has 0 bridgehead atoms. The fourth-order valence-electron chi connectivity index (χ4n) is 1.54. The molecule has 0 atom stereocenters. The van der Waals surface area contributed by atoms with E-state index >= 15 is 0 Å². The number of hydrogen-bond acceptors (Lipinski definition) is 5. The number of benzene rings is 1. The molecule has 0 fully saturated rings. The summed E-state index contributed by atoms with van der Waals surface area (Å²) in [5.74, 6) is -0.234. The van der Waals surface area contributed by atoms with Gasteiger partial charge in [0.25, 0.3) is 0 Å². The van der Waals surface area contributed by atoms with Crippen LogP contribution in [0.2, 0.25) is 0 Å². The highest BCUT2D eigenvalue weighted by molar-refractivity contribution is 5.89. The van der Waals surface area contributed by atoms with Crippen molar-refractivity contribution in [3.05, 3.63) is 38.7 Å². The van der Waals surface area contributed by atoms with Gasteiger partial charge in [-0.3, -0.25) is 14.9 Å². The minimum atomic E-state index is -0.940. The lowest BCUT2D eigenvalue weighted by Gasteiger charge is -2.04. The molecule has 0 aliphatic carbocycles. The predicted octanol–water partition coefficient (Wildman–Crippen LogP) is 1.15. The summed E-state index contributed by atoms with van der Waals surface area (Å²) in [5, 5.41) is 20.5. The molecule has 0 aliphatic rings.